The van der Waals surface area contributed by atoms with Crippen LogP contribution in [0.1, 0.15) is 38.8 Å². The Bertz CT molecular complexity index is 555. The number of aryl methyl sites for hydroxylation is 1. The minimum absolute atomic E-state index is 0.0803. The molecule has 0 aromatic carbocycles. The Kier molecular flexibility index (Phi) is 4.56. The molecule has 1 saturated heterocycles. The lowest BCUT2D eigenvalue weighted by molar-refractivity contribution is 0.204. The van der Waals surface area contributed by atoms with E-state index in [1.54, 1.807) is 16.6 Å². The first-order valence-electron chi connectivity index (χ1n) is 7.21. The van der Waals surface area contributed by atoms with Crippen molar-refractivity contribution in [2.75, 3.05) is 7.05 Å². The summed E-state index contributed by atoms with van der Waals surface area (Å²) in [6.07, 6.45) is 4.71. The van der Waals surface area contributed by atoms with Crippen LogP contribution in [-0.2, 0) is 23.6 Å². The molecule has 0 spiro atoms. The average molecular weight is 299 g/mol. The lowest BCUT2D eigenvalue weighted by Gasteiger charge is -2.37. The molecule has 0 amide bonds. The first kappa shape index (κ1) is 15.5. The number of hydrogen-bond acceptors (Lipinski definition) is 3. The second-order valence-corrected chi connectivity index (χ2v) is 7.62. The maximum Gasteiger partial charge on any atom is 0.245 e. The maximum absolute atomic E-state index is 12.9. The van der Waals surface area contributed by atoms with E-state index in [1.807, 2.05) is 32.5 Å². The van der Waals surface area contributed by atoms with E-state index in [0.29, 0.717) is 11.4 Å². The zero-order valence-electron chi connectivity index (χ0n) is 12.8. The summed E-state index contributed by atoms with van der Waals surface area (Å²) in [7, 11) is 0.345. The van der Waals surface area contributed by atoms with Crippen LogP contribution < -0.4 is 5.32 Å². The molecule has 1 aliphatic heterocycles. The Labute approximate surface area is 122 Å². The van der Waals surface area contributed by atoms with Gasteiger partial charge < -0.3 is 9.88 Å². The van der Waals surface area contributed by atoms with Gasteiger partial charge in [0, 0.05) is 37.6 Å². The van der Waals surface area contributed by atoms with Crippen molar-refractivity contribution in [2.45, 2.75) is 56.6 Å². The van der Waals surface area contributed by atoms with Gasteiger partial charge in [-0.25, -0.2) is 8.42 Å². The third-order valence-electron chi connectivity index (χ3n) is 4.13. The van der Waals surface area contributed by atoms with Gasteiger partial charge in [0.25, 0.3) is 0 Å². The first-order valence-corrected chi connectivity index (χ1v) is 8.65. The van der Waals surface area contributed by atoms with E-state index in [-0.39, 0.29) is 12.1 Å². The average Bonchev–Trinajstić information content (AvgIpc) is 2.72. The molecule has 1 aliphatic rings. The van der Waals surface area contributed by atoms with Crippen molar-refractivity contribution in [1.29, 1.82) is 0 Å². The SMILES string of the molecule is CNCc1cc(S(=O)(=O)N2C(C)CCCC2C)cn1C. The fourth-order valence-electron chi connectivity index (χ4n) is 3.07. The van der Waals surface area contributed by atoms with Crippen molar-refractivity contribution in [2.24, 2.45) is 7.05 Å². The highest BCUT2D eigenvalue weighted by atomic mass is 32.2. The summed E-state index contributed by atoms with van der Waals surface area (Å²) in [5, 5.41) is 3.06. The van der Waals surface area contributed by atoms with Crippen LogP contribution in [0.3, 0.4) is 0 Å². The molecule has 2 rings (SSSR count). The van der Waals surface area contributed by atoms with Crippen LogP contribution in [0.4, 0.5) is 0 Å². The fourth-order valence-corrected chi connectivity index (χ4v) is 5.05. The largest absolute Gasteiger partial charge is 0.352 e. The van der Waals surface area contributed by atoms with Crippen LogP contribution in [0.15, 0.2) is 17.2 Å². The molecule has 0 radical (unpaired) electrons. The number of nitrogens with zero attached hydrogens (tertiary/aromatic N) is 2. The van der Waals surface area contributed by atoms with Crippen LogP contribution in [0.25, 0.3) is 0 Å². The summed E-state index contributed by atoms with van der Waals surface area (Å²) in [5.74, 6) is 0. The van der Waals surface area contributed by atoms with Crippen molar-refractivity contribution in [3.05, 3.63) is 18.0 Å². The monoisotopic (exact) mass is 299 g/mol. The number of nitrogens with one attached hydrogen (secondary N) is 1. The summed E-state index contributed by atoms with van der Waals surface area (Å²) in [5.41, 5.74) is 0.975. The minimum Gasteiger partial charge on any atom is -0.352 e. The zero-order valence-corrected chi connectivity index (χ0v) is 13.6. The van der Waals surface area contributed by atoms with Crippen LogP contribution in [0, 0.1) is 0 Å². The predicted octanol–water partition coefficient (Wildman–Crippen LogP) is 1.70. The van der Waals surface area contributed by atoms with Crippen LogP contribution in [-0.4, -0.2) is 36.4 Å². The summed E-state index contributed by atoms with van der Waals surface area (Å²) >= 11 is 0. The third kappa shape index (κ3) is 2.77. The van der Waals surface area contributed by atoms with Crippen LogP contribution in [0.2, 0.25) is 0 Å². The van der Waals surface area contributed by atoms with Gasteiger partial charge in [0.1, 0.15) is 4.90 Å². The second-order valence-electron chi connectivity index (χ2n) is 5.77. The molecule has 5 nitrogen and oxygen atoms in total. The van der Waals surface area contributed by atoms with Crippen LogP contribution >= 0.6 is 0 Å². The summed E-state index contributed by atoms with van der Waals surface area (Å²) in [6.45, 7) is 4.67. The molecule has 1 fully saturated rings. The van der Waals surface area contributed by atoms with Gasteiger partial charge in [-0.2, -0.15) is 4.31 Å². The topological polar surface area (TPSA) is 54.3 Å². The van der Waals surface area contributed by atoms with Gasteiger partial charge in [-0.1, -0.05) is 6.42 Å². The highest BCUT2D eigenvalue weighted by Crippen LogP contribution is 2.30. The molecule has 2 atom stereocenters. The Morgan fingerprint density at radius 2 is 1.90 bits per heavy atom. The van der Waals surface area contributed by atoms with Crippen molar-refractivity contribution >= 4 is 10.0 Å². The third-order valence-corrected chi connectivity index (χ3v) is 6.22. The van der Waals surface area contributed by atoms with Crippen LogP contribution in [0.5, 0.6) is 0 Å². The number of hydrogen-bond donors (Lipinski definition) is 1. The van der Waals surface area contributed by atoms with E-state index >= 15 is 0 Å². The number of rotatable bonds is 4. The quantitative estimate of drug-likeness (QED) is 0.920. The second kappa shape index (κ2) is 5.87. The van der Waals surface area contributed by atoms with Gasteiger partial charge in [0.15, 0.2) is 0 Å². The highest BCUT2D eigenvalue weighted by Gasteiger charge is 2.36. The van der Waals surface area contributed by atoms with E-state index < -0.39 is 10.0 Å². The molecule has 1 aromatic heterocycles. The van der Waals surface area contributed by atoms with Crippen molar-refractivity contribution < 1.29 is 8.42 Å². The molecule has 2 unspecified atom stereocenters. The molecular formula is C14H25N3O2S. The molecule has 0 bridgehead atoms. The molecule has 0 aliphatic carbocycles. The van der Waals surface area contributed by atoms with Crippen molar-refractivity contribution in [1.82, 2.24) is 14.2 Å². The van der Waals surface area contributed by atoms with Gasteiger partial charge in [0.05, 0.1) is 0 Å². The molecular weight excluding hydrogens is 274 g/mol. The molecule has 114 valence electrons. The number of piperidine rings is 1. The molecule has 1 aromatic rings. The normalized spacial score (nSPS) is 25.0. The van der Waals surface area contributed by atoms with Gasteiger partial charge in [-0.15, -0.1) is 0 Å². The molecule has 6 heteroatoms. The van der Waals surface area contributed by atoms with E-state index in [1.165, 1.54) is 0 Å². The summed E-state index contributed by atoms with van der Waals surface area (Å²) in [6, 6.07) is 1.94. The van der Waals surface area contributed by atoms with Gasteiger partial charge in [0.2, 0.25) is 10.0 Å². The van der Waals surface area contributed by atoms with E-state index in [4.69, 9.17) is 0 Å². The van der Waals surface area contributed by atoms with E-state index in [2.05, 4.69) is 5.32 Å². The van der Waals surface area contributed by atoms with Crippen molar-refractivity contribution in [3.8, 4) is 0 Å². The Hall–Kier alpha value is -0.850. The summed E-state index contributed by atoms with van der Waals surface area (Å²) < 4.78 is 29.3. The Morgan fingerprint density at radius 1 is 1.30 bits per heavy atom. The molecule has 2 heterocycles. The van der Waals surface area contributed by atoms with Gasteiger partial charge >= 0.3 is 0 Å². The standard InChI is InChI=1S/C14H25N3O2S/c1-11-6-5-7-12(2)17(11)20(18,19)14-8-13(9-15-3)16(4)10-14/h8,10-12,15H,5-7,9H2,1-4H3. The Balaban J connectivity index is 2.36. The lowest BCUT2D eigenvalue weighted by Crippen LogP contribution is -2.47. The molecule has 1 N–H and O–H groups in total. The van der Waals surface area contributed by atoms with Gasteiger partial charge in [-0.3, -0.25) is 0 Å². The number of aromatic nitrogens is 1. The summed E-state index contributed by atoms with van der Waals surface area (Å²) in [4.78, 5) is 0.408. The molecule has 20 heavy (non-hydrogen) atoms. The van der Waals surface area contributed by atoms with E-state index in [9.17, 15) is 8.42 Å². The lowest BCUT2D eigenvalue weighted by atomic mass is 10.0. The Morgan fingerprint density at radius 3 is 2.45 bits per heavy atom. The number of sulfonamides is 1. The van der Waals surface area contributed by atoms with Gasteiger partial charge in [-0.05, 0) is 39.8 Å². The minimum atomic E-state index is -3.40. The molecule has 0 saturated carbocycles. The first-order chi connectivity index (χ1) is 9.37. The van der Waals surface area contributed by atoms with E-state index in [0.717, 1.165) is 25.0 Å². The highest BCUT2D eigenvalue weighted by molar-refractivity contribution is 7.89. The van der Waals surface area contributed by atoms with Crippen molar-refractivity contribution in [3.63, 3.8) is 0 Å². The fraction of sp³-hybridized carbons (Fsp3) is 0.714. The predicted molar refractivity (Wildman–Crippen MR) is 80.0 cm³/mol. The smallest absolute Gasteiger partial charge is 0.245 e. The maximum atomic E-state index is 12.9. The zero-order chi connectivity index (χ0) is 14.9.